The van der Waals surface area contributed by atoms with Gasteiger partial charge in [0.25, 0.3) is 0 Å². The smallest absolute Gasteiger partial charge is 0.138 e. The molecule has 0 saturated carbocycles. The molecule has 0 spiro atoms. The molecule has 4 nitrogen and oxygen atoms in total. The van der Waals surface area contributed by atoms with E-state index in [9.17, 15) is 5.11 Å². The highest BCUT2D eigenvalue weighted by Gasteiger charge is 2.20. The van der Waals surface area contributed by atoms with Crippen molar-refractivity contribution in [2.75, 3.05) is 19.7 Å². The summed E-state index contributed by atoms with van der Waals surface area (Å²) in [6, 6.07) is 1.82. The minimum absolute atomic E-state index is 0.238. The zero-order valence-electron chi connectivity index (χ0n) is 10.2. The van der Waals surface area contributed by atoms with Crippen LogP contribution >= 0.6 is 15.9 Å². The van der Waals surface area contributed by atoms with Crippen LogP contribution in [0.25, 0.3) is 0 Å². The Hall–Kier alpha value is -0.650. The lowest BCUT2D eigenvalue weighted by atomic mass is 10.1. The predicted octanol–water partition coefficient (Wildman–Crippen LogP) is 1.97. The molecule has 0 aromatic carbocycles. The van der Waals surface area contributed by atoms with Crippen LogP contribution in [-0.4, -0.2) is 35.4 Å². The summed E-state index contributed by atoms with van der Waals surface area (Å²) in [6.45, 7) is 5.49. The maximum absolute atomic E-state index is 10.1. The predicted molar refractivity (Wildman–Crippen MR) is 71.2 cm³/mol. The summed E-state index contributed by atoms with van der Waals surface area (Å²) in [5.41, 5.74) is -0.877. The molecule has 0 radical (unpaired) electrons. The van der Waals surface area contributed by atoms with E-state index in [1.54, 1.807) is 19.3 Å². The van der Waals surface area contributed by atoms with Crippen LogP contribution in [-0.2, 0) is 0 Å². The highest BCUT2D eigenvalue weighted by atomic mass is 79.9. The number of pyridine rings is 1. The minimum atomic E-state index is -0.877. The number of aromatic nitrogens is 1. The van der Waals surface area contributed by atoms with Crippen molar-refractivity contribution in [3.8, 4) is 5.75 Å². The summed E-state index contributed by atoms with van der Waals surface area (Å²) in [4.78, 5) is 3.99. The van der Waals surface area contributed by atoms with Gasteiger partial charge in [-0.15, -0.1) is 0 Å². The molecule has 1 rings (SSSR count). The molecule has 0 saturated heterocycles. The standard InChI is InChI=1S/C12H19BrN2O2/c1-3-4-14-8-12(2,16)9-17-11-5-10(13)6-15-7-11/h5-7,14,16H,3-4,8-9H2,1-2H3. The number of nitrogens with zero attached hydrogens (tertiary/aromatic N) is 1. The van der Waals surface area contributed by atoms with E-state index in [0.29, 0.717) is 12.3 Å². The molecular formula is C12H19BrN2O2. The lowest BCUT2D eigenvalue weighted by Gasteiger charge is -2.23. The van der Waals surface area contributed by atoms with Gasteiger partial charge in [-0.25, -0.2) is 0 Å². The maximum Gasteiger partial charge on any atom is 0.138 e. The molecular weight excluding hydrogens is 284 g/mol. The van der Waals surface area contributed by atoms with Crippen LogP contribution in [0.3, 0.4) is 0 Å². The second-order valence-corrected chi connectivity index (χ2v) is 5.22. The van der Waals surface area contributed by atoms with Gasteiger partial charge in [-0.3, -0.25) is 4.98 Å². The first-order valence-electron chi connectivity index (χ1n) is 5.70. The van der Waals surface area contributed by atoms with Gasteiger partial charge in [0.1, 0.15) is 18.0 Å². The van der Waals surface area contributed by atoms with E-state index in [2.05, 4.69) is 33.2 Å². The number of rotatable bonds is 7. The molecule has 2 N–H and O–H groups in total. The highest BCUT2D eigenvalue weighted by Crippen LogP contribution is 2.17. The van der Waals surface area contributed by atoms with E-state index in [-0.39, 0.29) is 6.61 Å². The van der Waals surface area contributed by atoms with Gasteiger partial charge in [-0.2, -0.15) is 0 Å². The van der Waals surface area contributed by atoms with Crippen molar-refractivity contribution in [3.63, 3.8) is 0 Å². The van der Waals surface area contributed by atoms with Crippen molar-refractivity contribution < 1.29 is 9.84 Å². The van der Waals surface area contributed by atoms with Gasteiger partial charge < -0.3 is 15.2 Å². The molecule has 0 amide bonds. The van der Waals surface area contributed by atoms with Crippen LogP contribution in [0.15, 0.2) is 22.9 Å². The summed E-state index contributed by atoms with van der Waals surface area (Å²) in [5.74, 6) is 0.648. The first-order chi connectivity index (χ1) is 8.03. The Morgan fingerprint density at radius 1 is 1.53 bits per heavy atom. The fourth-order valence-corrected chi connectivity index (χ4v) is 1.64. The van der Waals surface area contributed by atoms with Crippen molar-refractivity contribution in [3.05, 3.63) is 22.9 Å². The average molecular weight is 303 g/mol. The fourth-order valence-electron chi connectivity index (χ4n) is 1.30. The molecule has 1 atom stereocenters. The summed E-state index contributed by atoms with van der Waals surface area (Å²) in [6.07, 6.45) is 4.36. The Morgan fingerprint density at radius 3 is 2.94 bits per heavy atom. The van der Waals surface area contributed by atoms with E-state index >= 15 is 0 Å². The molecule has 1 unspecified atom stereocenters. The van der Waals surface area contributed by atoms with Gasteiger partial charge in [0, 0.05) is 17.2 Å². The number of hydrogen-bond acceptors (Lipinski definition) is 4. The monoisotopic (exact) mass is 302 g/mol. The van der Waals surface area contributed by atoms with Gasteiger partial charge in [-0.1, -0.05) is 6.92 Å². The fraction of sp³-hybridized carbons (Fsp3) is 0.583. The van der Waals surface area contributed by atoms with Crippen molar-refractivity contribution in [2.45, 2.75) is 25.9 Å². The molecule has 1 aromatic heterocycles. The molecule has 1 aromatic rings. The van der Waals surface area contributed by atoms with Gasteiger partial charge >= 0.3 is 0 Å². The van der Waals surface area contributed by atoms with Crippen LogP contribution in [0.2, 0.25) is 0 Å². The highest BCUT2D eigenvalue weighted by molar-refractivity contribution is 9.10. The molecule has 0 aliphatic carbocycles. The first-order valence-corrected chi connectivity index (χ1v) is 6.49. The zero-order valence-corrected chi connectivity index (χ0v) is 11.8. The zero-order chi connectivity index (χ0) is 12.7. The Bertz CT molecular complexity index is 345. The Morgan fingerprint density at radius 2 is 2.29 bits per heavy atom. The number of halogens is 1. The molecule has 1 heterocycles. The Kier molecular flexibility index (Phi) is 5.88. The van der Waals surface area contributed by atoms with Crippen LogP contribution in [0.4, 0.5) is 0 Å². The van der Waals surface area contributed by atoms with Gasteiger partial charge in [-0.05, 0) is 41.9 Å². The topological polar surface area (TPSA) is 54.4 Å². The van der Waals surface area contributed by atoms with E-state index in [0.717, 1.165) is 17.4 Å². The van der Waals surface area contributed by atoms with Crippen LogP contribution in [0, 0.1) is 0 Å². The second-order valence-electron chi connectivity index (χ2n) is 4.30. The van der Waals surface area contributed by atoms with Crippen molar-refractivity contribution in [2.24, 2.45) is 0 Å². The Balaban J connectivity index is 2.38. The van der Waals surface area contributed by atoms with Crippen molar-refractivity contribution in [1.82, 2.24) is 10.3 Å². The third kappa shape index (κ3) is 6.00. The van der Waals surface area contributed by atoms with Crippen LogP contribution in [0.5, 0.6) is 5.75 Å². The average Bonchev–Trinajstić information content (AvgIpc) is 2.27. The third-order valence-corrected chi connectivity index (χ3v) is 2.60. The normalized spacial score (nSPS) is 14.4. The molecule has 0 bridgehead atoms. The first kappa shape index (κ1) is 14.4. The molecule has 96 valence electrons. The largest absolute Gasteiger partial charge is 0.489 e. The SMILES string of the molecule is CCCNCC(C)(O)COc1cncc(Br)c1. The molecule has 0 fully saturated rings. The van der Waals surface area contributed by atoms with Crippen molar-refractivity contribution in [1.29, 1.82) is 0 Å². The van der Waals surface area contributed by atoms with E-state index < -0.39 is 5.60 Å². The summed E-state index contributed by atoms with van der Waals surface area (Å²) in [5, 5.41) is 13.2. The molecule has 5 heteroatoms. The molecule has 17 heavy (non-hydrogen) atoms. The van der Waals surface area contributed by atoms with E-state index in [1.165, 1.54) is 0 Å². The maximum atomic E-state index is 10.1. The van der Waals surface area contributed by atoms with Crippen LogP contribution < -0.4 is 10.1 Å². The minimum Gasteiger partial charge on any atom is -0.489 e. The van der Waals surface area contributed by atoms with Gasteiger partial charge in [0.05, 0.1) is 6.20 Å². The van der Waals surface area contributed by atoms with Gasteiger partial charge in [0.15, 0.2) is 0 Å². The third-order valence-electron chi connectivity index (χ3n) is 2.16. The quantitative estimate of drug-likeness (QED) is 0.756. The van der Waals surface area contributed by atoms with Gasteiger partial charge in [0.2, 0.25) is 0 Å². The number of ether oxygens (including phenoxy) is 1. The number of aliphatic hydroxyl groups is 1. The number of hydrogen-bond donors (Lipinski definition) is 2. The number of nitrogens with one attached hydrogen (secondary N) is 1. The Labute approximate surface area is 111 Å². The molecule has 0 aliphatic rings. The summed E-state index contributed by atoms with van der Waals surface area (Å²) >= 11 is 3.32. The lowest BCUT2D eigenvalue weighted by Crippen LogP contribution is -2.43. The van der Waals surface area contributed by atoms with E-state index in [4.69, 9.17) is 4.74 Å². The lowest BCUT2D eigenvalue weighted by molar-refractivity contribution is 0.0123. The second kappa shape index (κ2) is 6.93. The van der Waals surface area contributed by atoms with E-state index in [1.807, 2.05) is 6.07 Å². The summed E-state index contributed by atoms with van der Waals surface area (Å²) < 4.78 is 6.36. The van der Waals surface area contributed by atoms with Crippen LogP contribution in [0.1, 0.15) is 20.3 Å². The molecule has 0 aliphatic heterocycles. The van der Waals surface area contributed by atoms with Crippen molar-refractivity contribution >= 4 is 15.9 Å². The summed E-state index contributed by atoms with van der Waals surface area (Å²) in [7, 11) is 0.